The molecule has 7 heteroatoms. The molecule has 1 heterocycles. The molecule has 1 aliphatic carbocycles. The molecule has 98 valence electrons. The van der Waals surface area contributed by atoms with Gasteiger partial charge >= 0.3 is 12.0 Å². The number of nitrogens with one attached hydrogen (secondary N) is 1. The second-order valence-corrected chi connectivity index (χ2v) is 4.76. The summed E-state index contributed by atoms with van der Waals surface area (Å²) in [6.07, 6.45) is 1.09. The molecular formula is C11H15N3O4. The number of carboxylic acids is 1. The van der Waals surface area contributed by atoms with E-state index in [9.17, 15) is 9.59 Å². The standard InChI is InChI=1S/C11H15N3O4/c1-5-3-7(8(4-5)10(16)17)9(15)13-11-12-6(2)14-18-11/h5,7-8H,3-4H2,1-2H3,(H,16,17)(H,12,13,14,15)/t5?,7-,8+/m0/s1. The van der Waals surface area contributed by atoms with Crippen LogP contribution in [-0.2, 0) is 9.59 Å². The van der Waals surface area contributed by atoms with Gasteiger partial charge in [-0.15, -0.1) is 0 Å². The van der Waals surface area contributed by atoms with Crippen molar-refractivity contribution in [3.05, 3.63) is 5.82 Å². The lowest BCUT2D eigenvalue weighted by Gasteiger charge is -2.13. The molecule has 2 rings (SSSR count). The van der Waals surface area contributed by atoms with E-state index in [2.05, 4.69) is 15.5 Å². The molecule has 1 amide bonds. The highest BCUT2D eigenvalue weighted by atomic mass is 16.5. The number of anilines is 1. The number of aliphatic carboxylic acids is 1. The van der Waals surface area contributed by atoms with Gasteiger partial charge < -0.3 is 9.63 Å². The van der Waals surface area contributed by atoms with Gasteiger partial charge in [-0.1, -0.05) is 12.1 Å². The molecule has 0 radical (unpaired) electrons. The predicted molar refractivity (Wildman–Crippen MR) is 60.7 cm³/mol. The topological polar surface area (TPSA) is 105 Å². The molecule has 0 aromatic carbocycles. The molecule has 1 aliphatic rings. The van der Waals surface area contributed by atoms with Crippen LogP contribution in [0.15, 0.2) is 4.52 Å². The minimum Gasteiger partial charge on any atom is -0.481 e. The summed E-state index contributed by atoms with van der Waals surface area (Å²) in [5, 5.41) is 15.1. The Morgan fingerprint density at radius 3 is 2.61 bits per heavy atom. The van der Waals surface area contributed by atoms with Crippen LogP contribution in [0.2, 0.25) is 0 Å². The number of rotatable bonds is 3. The van der Waals surface area contributed by atoms with E-state index in [4.69, 9.17) is 9.63 Å². The van der Waals surface area contributed by atoms with E-state index in [1.165, 1.54) is 0 Å². The Bertz CT molecular complexity index is 471. The molecule has 0 aliphatic heterocycles. The molecule has 1 aromatic heterocycles. The van der Waals surface area contributed by atoms with Gasteiger partial charge in [-0.25, -0.2) is 0 Å². The van der Waals surface area contributed by atoms with Crippen LogP contribution < -0.4 is 5.32 Å². The van der Waals surface area contributed by atoms with Gasteiger partial charge in [0.1, 0.15) is 0 Å². The van der Waals surface area contributed by atoms with Gasteiger partial charge in [0.25, 0.3) is 0 Å². The first kappa shape index (κ1) is 12.5. The van der Waals surface area contributed by atoms with Crippen molar-refractivity contribution in [3.8, 4) is 0 Å². The number of amides is 1. The highest BCUT2D eigenvalue weighted by Gasteiger charge is 2.41. The molecule has 1 saturated carbocycles. The molecule has 3 atom stereocenters. The van der Waals surface area contributed by atoms with Gasteiger partial charge in [-0.2, -0.15) is 4.98 Å². The van der Waals surface area contributed by atoms with E-state index in [1.54, 1.807) is 6.92 Å². The monoisotopic (exact) mass is 253 g/mol. The van der Waals surface area contributed by atoms with Crippen LogP contribution in [0.5, 0.6) is 0 Å². The average Bonchev–Trinajstić information content (AvgIpc) is 2.85. The summed E-state index contributed by atoms with van der Waals surface area (Å²) < 4.78 is 4.78. The second-order valence-electron chi connectivity index (χ2n) is 4.76. The van der Waals surface area contributed by atoms with Crippen LogP contribution in [0.1, 0.15) is 25.6 Å². The first-order chi connectivity index (χ1) is 8.47. The molecule has 1 aromatic rings. The number of hydrogen-bond donors (Lipinski definition) is 2. The van der Waals surface area contributed by atoms with Crippen molar-refractivity contribution < 1.29 is 19.2 Å². The summed E-state index contributed by atoms with van der Waals surface area (Å²) >= 11 is 0. The molecule has 0 bridgehead atoms. The maximum absolute atomic E-state index is 12.0. The second kappa shape index (κ2) is 4.75. The summed E-state index contributed by atoms with van der Waals surface area (Å²) in [5.74, 6) is -1.82. The Balaban J connectivity index is 2.06. The minimum atomic E-state index is -0.929. The summed E-state index contributed by atoms with van der Waals surface area (Å²) in [7, 11) is 0. The predicted octanol–water partition coefficient (Wildman–Crippen LogP) is 1.06. The van der Waals surface area contributed by atoms with Crippen LogP contribution in [0.4, 0.5) is 6.01 Å². The number of carboxylic acid groups (broad SMARTS) is 1. The number of carbonyl (C=O) groups excluding carboxylic acids is 1. The van der Waals surface area contributed by atoms with Crippen molar-refractivity contribution in [2.24, 2.45) is 17.8 Å². The molecule has 0 spiro atoms. The van der Waals surface area contributed by atoms with Crippen LogP contribution in [0, 0.1) is 24.7 Å². The Labute approximate surface area is 104 Å². The Hall–Kier alpha value is -1.92. The lowest BCUT2D eigenvalue weighted by Crippen LogP contribution is -2.30. The number of aryl methyl sites for hydroxylation is 1. The quantitative estimate of drug-likeness (QED) is 0.834. The molecule has 18 heavy (non-hydrogen) atoms. The fourth-order valence-corrected chi connectivity index (χ4v) is 2.40. The lowest BCUT2D eigenvalue weighted by atomic mass is 9.95. The summed E-state index contributed by atoms with van der Waals surface area (Å²) in [5.41, 5.74) is 0. The van der Waals surface area contributed by atoms with Crippen molar-refractivity contribution in [2.75, 3.05) is 5.32 Å². The van der Waals surface area contributed by atoms with Gasteiger partial charge in [0.2, 0.25) is 5.91 Å². The minimum absolute atomic E-state index is 0.0150. The Morgan fingerprint density at radius 1 is 1.39 bits per heavy atom. The van der Waals surface area contributed by atoms with Crippen LogP contribution >= 0.6 is 0 Å². The summed E-state index contributed by atoms with van der Waals surface area (Å²) in [4.78, 5) is 26.9. The maximum Gasteiger partial charge on any atom is 0.328 e. The third kappa shape index (κ3) is 2.49. The van der Waals surface area contributed by atoms with E-state index in [0.29, 0.717) is 18.7 Å². The van der Waals surface area contributed by atoms with Gasteiger partial charge in [0.05, 0.1) is 11.8 Å². The van der Waals surface area contributed by atoms with E-state index >= 15 is 0 Å². The number of hydrogen-bond acceptors (Lipinski definition) is 5. The van der Waals surface area contributed by atoms with Crippen molar-refractivity contribution in [1.29, 1.82) is 0 Å². The van der Waals surface area contributed by atoms with E-state index in [-0.39, 0.29) is 17.8 Å². The molecule has 1 fully saturated rings. The summed E-state index contributed by atoms with van der Waals surface area (Å²) in [6.45, 7) is 3.58. The van der Waals surface area contributed by atoms with Crippen LogP contribution in [-0.4, -0.2) is 27.1 Å². The van der Waals surface area contributed by atoms with Crippen molar-refractivity contribution in [3.63, 3.8) is 0 Å². The molecule has 1 unspecified atom stereocenters. The fourth-order valence-electron chi connectivity index (χ4n) is 2.40. The first-order valence-corrected chi connectivity index (χ1v) is 5.81. The SMILES string of the molecule is Cc1noc(NC(=O)[C@H]2CC(C)C[C@H]2C(=O)O)n1. The number of nitrogens with zero attached hydrogens (tertiary/aromatic N) is 2. The van der Waals surface area contributed by atoms with Crippen LogP contribution in [0.25, 0.3) is 0 Å². The van der Waals surface area contributed by atoms with Crippen molar-refractivity contribution in [1.82, 2.24) is 10.1 Å². The highest BCUT2D eigenvalue weighted by molar-refractivity contribution is 5.93. The first-order valence-electron chi connectivity index (χ1n) is 5.81. The van der Waals surface area contributed by atoms with Crippen molar-refractivity contribution >= 4 is 17.9 Å². The molecular weight excluding hydrogens is 238 g/mol. The van der Waals surface area contributed by atoms with Gasteiger partial charge in [-0.05, 0) is 25.7 Å². The zero-order valence-corrected chi connectivity index (χ0v) is 10.2. The zero-order chi connectivity index (χ0) is 13.3. The number of carbonyl (C=O) groups is 2. The summed E-state index contributed by atoms with van der Waals surface area (Å²) in [6, 6.07) is 0.0150. The van der Waals surface area contributed by atoms with E-state index < -0.39 is 17.8 Å². The highest BCUT2D eigenvalue weighted by Crippen LogP contribution is 2.36. The van der Waals surface area contributed by atoms with E-state index in [0.717, 1.165) is 0 Å². The van der Waals surface area contributed by atoms with Gasteiger partial charge in [-0.3, -0.25) is 14.9 Å². The van der Waals surface area contributed by atoms with Crippen molar-refractivity contribution in [2.45, 2.75) is 26.7 Å². The fraction of sp³-hybridized carbons (Fsp3) is 0.636. The van der Waals surface area contributed by atoms with Gasteiger partial charge in [0, 0.05) is 0 Å². The molecule has 7 nitrogen and oxygen atoms in total. The third-order valence-corrected chi connectivity index (χ3v) is 3.21. The zero-order valence-electron chi connectivity index (χ0n) is 10.2. The third-order valence-electron chi connectivity index (χ3n) is 3.21. The van der Waals surface area contributed by atoms with E-state index in [1.807, 2.05) is 6.92 Å². The Morgan fingerprint density at radius 2 is 2.06 bits per heavy atom. The smallest absolute Gasteiger partial charge is 0.328 e. The molecule has 2 N–H and O–H groups in total. The average molecular weight is 253 g/mol. The van der Waals surface area contributed by atoms with Crippen LogP contribution in [0.3, 0.4) is 0 Å². The lowest BCUT2D eigenvalue weighted by molar-refractivity contribution is -0.145. The van der Waals surface area contributed by atoms with Gasteiger partial charge in [0.15, 0.2) is 5.82 Å². The normalized spacial score (nSPS) is 27.1. The largest absolute Gasteiger partial charge is 0.481 e. The maximum atomic E-state index is 12.0. The molecule has 0 saturated heterocycles. The Kier molecular flexibility index (Phi) is 3.31. The number of aromatic nitrogens is 2.